The Morgan fingerprint density at radius 1 is 1.00 bits per heavy atom. The van der Waals surface area contributed by atoms with E-state index in [0.29, 0.717) is 11.4 Å². The number of nitrogens with zero attached hydrogens (tertiary/aromatic N) is 2. The summed E-state index contributed by atoms with van der Waals surface area (Å²) in [6.07, 6.45) is 4.43. The molecule has 0 aliphatic carbocycles. The lowest BCUT2D eigenvalue weighted by Gasteiger charge is -2.40. The van der Waals surface area contributed by atoms with Crippen LogP contribution in [-0.4, -0.2) is 39.4 Å². The average Bonchev–Trinajstić information content (AvgIpc) is 2.70. The molecule has 1 atom stereocenters. The van der Waals surface area contributed by atoms with E-state index >= 15 is 0 Å². The van der Waals surface area contributed by atoms with Crippen LogP contribution in [0.15, 0.2) is 83.7 Å². The van der Waals surface area contributed by atoms with Crippen molar-refractivity contribution in [3.05, 3.63) is 95.4 Å². The van der Waals surface area contributed by atoms with Crippen LogP contribution in [0.1, 0.15) is 21.5 Å². The number of hydrogen-bond acceptors (Lipinski definition) is 4. The predicted octanol–water partition coefficient (Wildman–Crippen LogP) is 2.88. The van der Waals surface area contributed by atoms with Crippen LogP contribution in [-0.2, 0) is 10.2 Å². The maximum Gasteiger partial charge on any atom is 0.335 e. The SMILES string of the molecule is O=C(O)c1ccc(C2(c3ccccc3)CN=C3C=CC(O)=CN3C2=O)cc1. The first-order chi connectivity index (χ1) is 13.0. The number of hydrogen-bond donors (Lipinski definition) is 2. The minimum absolute atomic E-state index is 0.0348. The van der Waals surface area contributed by atoms with Gasteiger partial charge in [0.1, 0.15) is 17.0 Å². The van der Waals surface area contributed by atoms with Crippen molar-refractivity contribution in [3.63, 3.8) is 0 Å². The molecule has 1 amide bonds. The van der Waals surface area contributed by atoms with Gasteiger partial charge in [-0.05, 0) is 35.4 Å². The lowest BCUT2D eigenvalue weighted by Crippen LogP contribution is -2.53. The van der Waals surface area contributed by atoms with E-state index in [-0.39, 0.29) is 23.8 Å². The number of benzene rings is 2. The molecule has 0 radical (unpaired) electrons. The van der Waals surface area contributed by atoms with Crippen LogP contribution in [0.25, 0.3) is 0 Å². The van der Waals surface area contributed by atoms with Gasteiger partial charge in [0.05, 0.1) is 18.3 Å². The summed E-state index contributed by atoms with van der Waals surface area (Å²) in [5.74, 6) is -0.851. The van der Waals surface area contributed by atoms with Gasteiger partial charge in [-0.3, -0.25) is 14.7 Å². The van der Waals surface area contributed by atoms with E-state index < -0.39 is 11.4 Å². The van der Waals surface area contributed by atoms with Gasteiger partial charge in [0.25, 0.3) is 0 Å². The maximum absolute atomic E-state index is 13.6. The van der Waals surface area contributed by atoms with E-state index in [9.17, 15) is 14.7 Å². The number of aliphatic imine (C=N–C) groups is 1. The van der Waals surface area contributed by atoms with E-state index in [1.54, 1.807) is 18.2 Å². The lowest BCUT2D eigenvalue weighted by molar-refractivity contribution is -0.130. The van der Waals surface area contributed by atoms with Gasteiger partial charge in [-0.15, -0.1) is 0 Å². The summed E-state index contributed by atoms with van der Waals surface area (Å²) >= 11 is 0. The summed E-state index contributed by atoms with van der Waals surface area (Å²) in [6, 6.07) is 15.5. The van der Waals surface area contributed by atoms with Gasteiger partial charge < -0.3 is 10.2 Å². The Balaban J connectivity index is 1.91. The normalized spacial score (nSPS) is 21.3. The van der Waals surface area contributed by atoms with Crippen molar-refractivity contribution in [1.29, 1.82) is 0 Å². The van der Waals surface area contributed by atoms with Gasteiger partial charge in [0.15, 0.2) is 0 Å². The Hall–Kier alpha value is -3.67. The zero-order valence-corrected chi connectivity index (χ0v) is 14.2. The third-order valence-electron chi connectivity index (χ3n) is 4.86. The molecule has 0 fully saturated rings. The number of aliphatic hydroxyl groups excluding tert-OH is 1. The van der Waals surface area contributed by atoms with Crippen LogP contribution >= 0.6 is 0 Å². The van der Waals surface area contributed by atoms with E-state index in [4.69, 9.17) is 5.11 Å². The van der Waals surface area contributed by atoms with Crippen LogP contribution < -0.4 is 0 Å². The van der Waals surface area contributed by atoms with Gasteiger partial charge >= 0.3 is 5.97 Å². The summed E-state index contributed by atoms with van der Waals surface area (Å²) in [7, 11) is 0. The molecule has 2 aromatic carbocycles. The summed E-state index contributed by atoms with van der Waals surface area (Å²) in [6.45, 7) is 0.188. The van der Waals surface area contributed by atoms with Crippen molar-refractivity contribution < 1.29 is 19.8 Å². The molecule has 2 aromatic rings. The molecule has 2 heterocycles. The van der Waals surface area contributed by atoms with Crippen LogP contribution in [0.5, 0.6) is 0 Å². The molecule has 2 N–H and O–H groups in total. The maximum atomic E-state index is 13.6. The van der Waals surface area contributed by atoms with E-state index in [1.807, 2.05) is 30.3 Å². The highest BCUT2D eigenvalue weighted by Crippen LogP contribution is 2.38. The molecule has 27 heavy (non-hydrogen) atoms. The lowest BCUT2D eigenvalue weighted by atomic mass is 9.72. The van der Waals surface area contributed by atoms with Gasteiger partial charge in [-0.1, -0.05) is 42.5 Å². The molecule has 134 valence electrons. The highest BCUT2D eigenvalue weighted by Gasteiger charge is 2.48. The van der Waals surface area contributed by atoms with Gasteiger partial charge in [-0.25, -0.2) is 4.79 Å². The molecular formula is C21H16N2O4. The minimum atomic E-state index is -1.11. The Kier molecular flexibility index (Phi) is 3.88. The van der Waals surface area contributed by atoms with Crippen molar-refractivity contribution in [2.45, 2.75) is 5.41 Å². The van der Waals surface area contributed by atoms with Crippen molar-refractivity contribution in [3.8, 4) is 0 Å². The molecule has 0 bridgehead atoms. The second-order valence-electron chi connectivity index (χ2n) is 6.39. The van der Waals surface area contributed by atoms with E-state index in [1.165, 1.54) is 29.3 Å². The number of carbonyl (C=O) groups is 2. The molecule has 2 aliphatic heterocycles. The van der Waals surface area contributed by atoms with Crippen molar-refractivity contribution in [2.24, 2.45) is 4.99 Å². The molecule has 0 aromatic heterocycles. The molecule has 6 heteroatoms. The number of fused-ring (bicyclic) bond motifs is 1. The highest BCUT2D eigenvalue weighted by molar-refractivity contribution is 6.12. The molecule has 0 saturated carbocycles. The quantitative estimate of drug-likeness (QED) is 0.881. The molecule has 2 aliphatic rings. The standard InChI is InChI=1S/C21H16N2O4/c24-17-10-11-18-22-13-21(20(27)23(18)12-17,15-4-2-1-3-5-15)16-8-6-14(7-9-16)19(25)26/h1-12,24H,13H2,(H,25,26). The monoisotopic (exact) mass is 360 g/mol. The third-order valence-corrected chi connectivity index (χ3v) is 4.86. The largest absolute Gasteiger partial charge is 0.506 e. The van der Waals surface area contributed by atoms with Crippen LogP contribution in [0.3, 0.4) is 0 Å². The first-order valence-electron chi connectivity index (χ1n) is 8.39. The number of allylic oxidation sites excluding steroid dienone is 1. The smallest absolute Gasteiger partial charge is 0.335 e. The van der Waals surface area contributed by atoms with Crippen LogP contribution in [0.2, 0.25) is 0 Å². The zero-order chi connectivity index (χ0) is 19.0. The number of aliphatic hydroxyl groups is 1. The Morgan fingerprint density at radius 2 is 1.67 bits per heavy atom. The summed E-state index contributed by atoms with van der Waals surface area (Å²) in [5, 5.41) is 19.0. The Labute approximate surface area is 155 Å². The van der Waals surface area contributed by atoms with Crippen molar-refractivity contribution >= 4 is 17.7 Å². The minimum Gasteiger partial charge on any atom is -0.506 e. The first kappa shape index (κ1) is 16.8. The number of aromatic carboxylic acids is 1. The van der Waals surface area contributed by atoms with Crippen LogP contribution in [0.4, 0.5) is 0 Å². The fourth-order valence-corrected chi connectivity index (χ4v) is 3.46. The van der Waals surface area contributed by atoms with E-state index in [0.717, 1.165) is 5.56 Å². The second kappa shape index (κ2) is 6.25. The fourth-order valence-electron chi connectivity index (χ4n) is 3.46. The Morgan fingerprint density at radius 3 is 2.33 bits per heavy atom. The summed E-state index contributed by atoms with van der Waals surface area (Å²) in [5.41, 5.74) is 0.439. The number of carboxylic acids is 1. The second-order valence-corrected chi connectivity index (χ2v) is 6.39. The predicted molar refractivity (Wildman–Crippen MR) is 99.6 cm³/mol. The van der Waals surface area contributed by atoms with Crippen LogP contribution in [0, 0.1) is 0 Å². The fraction of sp³-hybridized carbons (Fsp3) is 0.0952. The zero-order valence-electron chi connectivity index (χ0n) is 14.2. The number of amides is 1. The Bertz CT molecular complexity index is 1010. The first-order valence-corrected chi connectivity index (χ1v) is 8.39. The van der Waals surface area contributed by atoms with Gasteiger partial charge in [0, 0.05) is 0 Å². The molecule has 0 saturated heterocycles. The average molecular weight is 360 g/mol. The summed E-state index contributed by atoms with van der Waals surface area (Å²) < 4.78 is 0. The topological polar surface area (TPSA) is 90.2 Å². The number of rotatable bonds is 3. The summed E-state index contributed by atoms with van der Waals surface area (Å²) in [4.78, 5) is 30.7. The molecule has 4 rings (SSSR count). The van der Waals surface area contributed by atoms with Gasteiger partial charge in [0.2, 0.25) is 5.91 Å². The number of carbonyl (C=O) groups excluding carboxylic acids is 1. The number of carboxylic acid groups (broad SMARTS) is 1. The highest BCUT2D eigenvalue weighted by atomic mass is 16.4. The van der Waals surface area contributed by atoms with E-state index in [2.05, 4.69) is 4.99 Å². The molecular weight excluding hydrogens is 344 g/mol. The van der Waals surface area contributed by atoms with Crippen molar-refractivity contribution in [1.82, 2.24) is 4.90 Å². The third kappa shape index (κ3) is 2.62. The molecule has 6 nitrogen and oxygen atoms in total. The van der Waals surface area contributed by atoms with Gasteiger partial charge in [-0.2, -0.15) is 0 Å². The van der Waals surface area contributed by atoms with Crippen molar-refractivity contribution in [2.75, 3.05) is 6.54 Å². The molecule has 1 unspecified atom stereocenters. The molecule has 0 spiro atoms. The number of amidine groups is 1.